The number of Topliss-reactive ketones (excluding diaryl/α,β-unsaturated/α-hetero) is 1. The average Bonchev–Trinajstić information content (AvgIpc) is 3.13. The van der Waals surface area contributed by atoms with Crippen LogP contribution in [0.5, 0.6) is 0 Å². The molecular formula is C22H27BCl2N2O7. The Balaban J connectivity index is 1.54. The van der Waals surface area contributed by atoms with Crippen LogP contribution in [0, 0.1) is 5.92 Å². The maximum absolute atomic E-state index is 13.0. The van der Waals surface area contributed by atoms with E-state index in [-0.39, 0.29) is 52.9 Å². The molecule has 0 radical (unpaired) electrons. The van der Waals surface area contributed by atoms with Gasteiger partial charge in [-0.15, -0.1) is 0 Å². The van der Waals surface area contributed by atoms with Crippen molar-refractivity contribution in [3.63, 3.8) is 0 Å². The Bertz CT molecular complexity index is 1020. The summed E-state index contributed by atoms with van der Waals surface area (Å²) in [6.07, 6.45) is 0.463. The summed E-state index contributed by atoms with van der Waals surface area (Å²) in [4.78, 5) is 51.1. The SMILES string of the molecule is CC(C)C[C@H](CC(=O)CNC(=O)c1cc(Cl)ccc1Cl)[B-]12OC(=O)[C@H]3COC[C@H](C(=O)O1)[N+]32C. The lowest BCUT2D eigenvalue weighted by Gasteiger charge is -2.51. The Morgan fingerprint density at radius 2 is 1.76 bits per heavy atom. The molecule has 184 valence electrons. The highest BCUT2D eigenvalue weighted by atomic mass is 35.5. The Labute approximate surface area is 207 Å². The molecule has 1 aromatic carbocycles. The van der Waals surface area contributed by atoms with Crippen molar-refractivity contribution in [3.8, 4) is 0 Å². The van der Waals surface area contributed by atoms with Crippen molar-refractivity contribution >= 4 is 53.5 Å². The normalized spacial score (nSPS) is 30.5. The number of quaternary nitrogens is 1. The maximum atomic E-state index is 13.0. The molecular weight excluding hydrogens is 486 g/mol. The Kier molecular flexibility index (Phi) is 6.72. The molecule has 0 aliphatic carbocycles. The predicted molar refractivity (Wildman–Crippen MR) is 124 cm³/mol. The van der Waals surface area contributed by atoms with Crippen LogP contribution in [-0.4, -0.2) is 73.6 Å². The van der Waals surface area contributed by atoms with Gasteiger partial charge >= 0.3 is 18.6 Å². The molecule has 0 unspecified atom stereocenters. The first kappa shape index (κ1) is 25.0. The number of rotatable bonds is 8. The summed E-state index contributed by atoms with van der Waals surface area (Å²) >= 11 is 12.0. The Hall–Kier alpha value is -2.14. The summed E-state index contributed by atoms with van der Waals surface area (Å²) in [5, 5.41) is 3.13. The van der Waals surface area contributed by atoms with Gasteiger partial charge < -0.3 is 23.8 Å². The minimum absolute atomic E-state index is 0.0210. The van der Waals surface area contributed by atoms with Gasteiger partial charge in [0.05, 0.1) is 17.1 Å². The number of nitrogens with zero attached hydrogens (tertiary/aromatic N) is 1. The van der Waals surface area contributed by atoms with Crippen LogP contribution in [0.2, 0.25) is 15.9 Å². The van der Waals surface area contributed by atoms with Gasteiger partial charge in [-0.2, -0.15) is 0 Å². The van der Waals surface area contributed by atoms with Gasteiger partial charge in [-0.05, 0) is 36.4 Å². The highest BCUT2D eigenvalue weighted by Gasteiger charge is 2.77. The molecule has 0 bridgehead atoms. The number of amides is 1. The summed E-state index contributed by atoms with van der Waals surface area (Å²) < 4.78 is 17.2. The molecule has 3 heterocycles. The highest BCUT2D eigenvalue weighted by molar-refractivity contribution is 6.68. The van der Waals surface area contributed by atoms with Crippen LogP contribution >= 0.6 is 23.2 Å². The van der Waals surface area contributed by atoms with E-state index < -0.39 is 42.4 Å². The maximum Gasteiger partial charge on any atom is 0.587 e. The third-order valence-corrected chi connectivity index (χ3v) is 7.83. The van der Waals surface area contributed by atoms with Crippen LogP contribution < -0.4 is 5.32 Å². The van der Waals surface area contributed by atoms with Gasteiger partial charge in [0.1, 0.15) is 19.0 Å². The molecule has 1 aromatic rings. The second kappa shape index (κ2) is 9.15. The number of carbonyl (C=O) groups is 4. The summed E-state index contributed by atoms with van der Waals surface area (Å²) in [5.41, 5.74) is 0.162. The van der Waals surface area contributed by atoms with Crippen LogP contribution in [0.4, 0.5) is 0 Å². The van der Waals surface area contributed by atoms with E-state index in [9.17, 15) is 19.2 Å². The highest BCUT2D eigenvalue weighted by Crippen LogP contribution is 2.52. The molecule has 34 heavy (non-hydrogen) atoms. The molecule has 1 amide bonds. The second-order valence-electron chi connectivity index (χ2n) is 9.83. The van der Waals surface area contributed by atoms with Crippen molar-refractivity contribution in [2.75, 3.05) is 26.8 Å². The van der Waals surface area contributed by atoms with E-state index in [0.717, 1.165) is 0 Å². The van der Waals surface area contributed by atoms with E-state index >= 15 is 0 Å². The summed E-state index contributed by atoms with van der Waals surface area (Å²) in [6.45, 7) is 1.48. The number of ketones is 1. The number of morpholine rings is 1. The zero-order valence-corrected chi connectivity index (χ0v) is 20.7. The van der Waals surface area contributed by atoms with E-state index in [1.807, 2.05) is 13.8 Å². The van der Waals surface area contributed by atoms with E-state index in [2.05, 4.69) is 5.32 Å². The standard InChI is InChI=1S/C22H27BCl2N2O7/c1-12(2)6-13(7-15(28)9-26-20(29)16-8-14(24)4-5-17(16)25)23-27(3)18(21(30)33-23)10-32-11-19(27)22(31)34-23/h4-5,8,12-13,18-19H,6-7,9-11H2,1-3H3,(H,26,29)/t13-,18-,19-,23?,27?/m1/s1. The number of halogens is 2. The first-order chi connectivity index (χ1) is 16.0. The van der Waals surface area contributed by atoms with Crippen LogP contribution in [0.25, 0.3) is 0 Å². The van der Waals surface area contributed by atoms with Gasteiger partial charge in [-0.1, -0.05) is 43.5 Å². The predicted octanol–water partition coefficient (Wildman–Crippen LogP) is 2.37. The fraction of sp³-hybridized carbons (Fsp3) is 0.545. The van der Waals surface area contributed by atoms with Crippen molar-refractivity contribution in [2.45, 2.75) is 44.6 Å². The fourth-order valence-corrected chi connectivity index (χ4v) is 6.00. The van der Waals surface area contributed by atoms with Gasteiger partial charge in [0.25, 0.3) is 5.91 Å². The zero-order chi connectivity index (χ0) is 24.8. The van der Waals surface area contributed by atoms with Crippen LogP contribution in [0.1, 0.15) is 37.0 Å². The molecule has 3 atom stereocenters. The van der Waals surface area contributed by atoms with E-state index in [4.69, 9.17) is 37.2 Å². The second-order valence-corrected chi connectivity index (χ2v) is 10.7. The lowest BCUT2D eigenvalue weighted by molar-refractivity contribution is -0.854. The summed E-state index contributed by atoms with van der Waals surface area (Å²) in [6, 6.07) is 3.13. The van der Waals surface area contributed by atoms with Crippen molar-refractivity contribution in [1.82, 2.24) is 5.32 Å². The van der Waals surface area contributed by atoms with Crippen LogP contribution in [-0.2, 0) is 28.4 Å². The van der Waals surface area contributed by atoms with E-state index in [1.165, 1.54) is 12.1 Å². The largest absolute Gasteiger partial charge is 0.600 e. The lowest BCUT2D eigenvalue weighted by Crippen LogP contribution is -2.72. The number of hydrogen-bond donors (Lipinski definition) is 1. The van der Waals surface area contributed by atoms with Gasteiger partial charge in [-0.25, -0.2) is 9.59 Å². The molecule has 3 aliphatic rings. The molecule has 1 N–H and O–H groups in total. The number of hydrogen-bond acceptors (Lipinski definition) is 7. The van der Waals surface area contributed by atoms with E-state index in [1.54, 1.807) is 13.1 Å². The van der Waals surface area contributed by atoms with Gasteiger partial charge in [-0.3, -0.25) is 9.59 Å². The topological polar surface area (TPSA) is 108 Å². The molecule has 0 saturated carbocycles. The third-order valence-electron chi connectivity index (χ3n) is 7.26. The quantitative estimate of drug-likeness (QED) is 0.532. The number of carbonyl (C=O) groups excluding carboxylic acids is 4. The average molecular weight is 513 g/mol. The number of ether oxygens (including phenoxy) is 1. The molecule has 9 nitrogen and oxygen atoms in total. The minimum atomic E-state index is -2.48. The summed E-state index contributed by atoms with van der Waals surface area (Å²) in [7, 11) is 1.79. The number of likely N-dealkylation sites (N-methyl/N-ethyl adjacent to an activating group) is 1. The van der Waals surface area contributed by atoms with Crippen LogP contribution in [0.3, 0.4) is 0 Å². The van der Waals surface area contributed by atoms with Crippen LogP contribution in [0.15, 0.2) is 18.2 Å². The molecule has 3 saturated heterocycles. The molecule has 4 rings (SSSR count). The van der Waals surface area contributed by atoms with Crippen molar-refractivity contribution in [3.05, 3.63) is 33.8 Å². The first-order valence-corrected chi connectivity index (χ1v) is 12.0. The third kappa shape index (κ3) is 4.00. The number of nitrogens with one attached hydrogen (secondary N) is 1. The van der Waals surface area contributed by atoms with Crippen molar-refractivity contribution in [1.29, 1.82) is 0 Å². The number of benzene rings is 1. The van der Waals surface area contributed by atoms with Crippen molar-refractivity contribution < 1.29 is 37.6 Å². The Morgan fingerprint density at radius 1 is 1.15 bits per heavy atom. The lowest BCUT2D eigenvalue weighted by atomic mass is 9.51. The summed E-state index contributed by atoms with van der Waals surface area (Å²) in [5.74, 6) is -2.18. The van der Waals surface area contributed by atoms with Gasteiger partial charge in [0.2, 0.25) is 0 Å². The molecule has 0 aromatic heterocycles. The smallest absolute Gasteiger partial charge is 0.587 e. The van der Waals surface area contributed by atoms with E-state index in [0.29, 0.717) is 11.4 Å². The molecule has 12 heteroatoms. The monoisotopic (exact) mass is 512 g/mol. The first-order valence-electron chi connectivity index (χ1n) is 11.3. The minimum Gasteiger partial charge on any atom is -0.600 e. The van der Waals surface area contributed by atoms with Gasteiger partial charge in [0, 0.05) is 12.1 Å². The molecule has 0 spiro atoms. The van der Waals surface area contributed by atoms with Crippen molar-refractivity contribution in [2.24, 2.45) is 5.92 Å². The Morgan fingerprint density at radius 3 is 2.35 bits per heavy atom. The fourth-order valence-electron chi connectivity index (χ4n) is 5.63. The zero-order valence-electron chi connectivity index (χ0n) is 19.2. The molecule has 3 aliphatic heterocycles. The molecule has 3 fully saturated rings. The van der Waals surface area contributed by atoms with Gasteiger partial charge in [0.15, 0.2) is 12.1 Å².